The van der Waals surface area contributed by atoms with Crippen LogP contribution in [0.15, 0.2) is 24.3 Å². The maximum atomic E-state index is 11.8. The minimum absolute atomic E-state index is 0.0738. The molecule has 2 aliphatic rings. The summed E-state index contributed by atoms with van der Waals surface area (Å²) in [5.74, 6) is 1.22. The van der Waals surface area contributed by atoms with Gasteiger partial charge in [0.15, 0.2) is 0 Å². The molecular formula is C24H30Cl2N4O4. The van der Waals surface area contributed by atoms with Crippen LogP contribution in [0.2, 0.25) is 10.3 Å². The highest BCUT2D eigenvalue weighted by atomic mass is 35.5. The number of fused-ring (bicyclic) bond motifs is 2. The molecular weight excluding hydrogens is 479 g/mol. The van der Waals surface area contributed by atoms with E-state index in [0.29, 0.717) is 35.2 Å². The van der Waals surface area contributed by atoms with Gasteiger partial charge < -0.3 is 20.5 Å². The molecule has 10 heteroatoms. The molecule has 0 saturated carbocycles. The van der Waals surface area contributed by atoms with E-state index in [0.717, 1.165) is 37.1 Å². The van der Waals surface area contributed by atoms with E-state index in [1.807, 2.05) is 12.1 Å². The Balaban J connectivity index is 0.000000196. The van der Waals surface area contributed by atoms with Crippen molar-refractivity contribution in [1.82, 2.24) is 9.97 Å². The Hall–Kier alpha value is -2.42. The topological polar surface area (TPSA) is 113 Å². The molecule has 0 aromatic carbocycles. The number of halogens is 2. The second-order valence-corrected chi connectivity index (χ2v) is 9.07. The molecule has 2 atom stereocenters. The number of carbonyl (C=O) groups excluding carboxylic acids is 2. The predicted molar refractivity (Wildman–Crippen MR) is 133 cm³/mol. The van der Waals surface area contributed by atoms with Crippen LogP contribution in [0.4, 0.5) is 11.6 Å². The second-order valence-electron chi connectivity index (χ2n) is 8.30. The van der Waals surface area contributed by atoms with Gasteiger partial charge in [0.05, 0.1) is 13.0 Å². The second kappa shape index (κ2) is 12.9. The number of nitrogens with one attached hydrogen (secondary N) is 2. The molecule has 0 bridgehead atoms. The lowest BCUT2D eigenvalue weighted by molar-refractivity contribution is -0.143. The molecule has 0 fully saturated rings. The fourth-order valence-corrected chi connectivity index (χ4v) is 4.34. The van der Waals surface area contributed by atoms with Crippen molar-refractivity contribution in [3.05, 3.63) is 45.7 Å². The molecule has 0 spiro atoms. The zero-order chi connectivity index (χ0) is 24.5. The molecule has 4 rings (SSSR count). The van der Waals surface area contributed by atoms with Crippen LogP contribution in [0, 0.1) is 0 Å². The Morgan fingerprint density at radius 3 is 2.41 bits per heavy atom. The first-order chi connectivity index (χ1) is 16.4. The lowest BCUT2D eigenvalue weighted by Gasteiger charge is -2.15. The molecule has 0 radical (unpaired) electrons. The normalized spacial score (nSPS) is 19.1. The van der Waals surface area contributed by atoms with Gasteiger partial charge >= 0.3 is 5.97 Å². The number of aliphatic hydroxyl groups is 1. The molecule has 184 valence electrons. The zero-order valence-corrected chi connectivity index (χ0v) is 20.7. The molecule has 2 unspecified atom stereocenters. The predicted octanol–water partition coefficient (Wildman–Crippen LogP) is 4.22. The molecule has 3 N–H and O–H groups in total. The van der Waals surface area contributed by atoms with Gasteiger partial charge in [-0.3, -0.25) is 9.59 Å². The number of carbonyl (C=O) groups is 2. The van der Waals surface area contributed by atoms with Crippen LogP contribution in [0.3, 0.4) is 0 Å². The van der Waals surface area contributed by atoms with E-state index in [1.165, 1.54) is 5.56 Å². The summed E-state index contributed by atoms with van der Waals surface area (Å²) in [7, 11) is 0. The van der Waals surface area contributed by atoms with Gasteiger partial charge in [0.2, 0.25) is 0 Å². The highest BCUT2D eigenvalue weighted by Gasteiger charge is 2.24. The number of nitrogens with zero attached hydrogens (tertiary/aromatic N) is 2. The minimum Gasteiger partial charge on any atom is -0.466 e. The summed E-state index contributed by atoms with van der Waals surface area (Å²) in [5.41, 5.74) is 2.03. The molecule has 4 heterocycles. The van der Waals surface area contributed by atoms with Gasteiger partial charge in [-0.1, -0.05) is 35.3 Å². The van der Waals surface area contributed by atoms with Crippen LogP contribution in [-0.4, -0.2) is 52.1 Å². The number of aliphatic hydroxyl groups excluding tert-OH is 1. The van der Waals surface area contributed by atoms with E-state index in [-0.39, 0.29) is 37.2 Å². The fourth-order valence-electron chi connectivity index (χ4n) is 4.05. The van der Waals surface area contributed by atoms with Crippen molar-refractivity contribution < 1.29 is 19.4 Å². The Labute approximate surface area is 209 Å². The van der Waals surface area contributed by atoms with Crippen LogP contribution in [-0.2, 0) is 27.2 Å². The zero-order valence-electron chi connectivity index (χ0n) is 19.2. The summed E-state index contributed by atoms with van der Waals surface area (Å²) in [4.78, 5) is 31.8. The van der Waals surface area contributed by atoms with E-state index >= 15 is 0 Å². The molecule has 0 saturated heterocycles. The Bertz CT molecular complexity index is 1000. The number of rotatable bonds is 5. The number of pyridine rings is 2. The molecule has 2 aliphatic heterocycles. The third-order valence-electron chi connectivity index (χ3n) is 5.63. The van der Waals surface area contributed by atoms with E-state index in [9.17, 15) is 9.59 Å². The van der Waals surface area contributed by atoms with Crippen LogP contribution >= 0.6 is 23.2 Å². The first kappa shape index (κ1) is 26.2. The minimum atomic E-state index is -0.321. The number of Topliss-reactive ketones (excluding diaryl/α,β-unsaturated/α-hetero) is 1. The van der Waals surface area contributed by atoms with E-state index in [1.54, 1.807) is 19.1 Å². The number of esters is 1. The monoisotopic (exact) mass is 508 g/mol. The van der Waals surface area contributed by atoms with Crippen LogP contribution in [0.25, 0.3) is 0 Å². The van der Waals surface area contributed by atoms with E-state index < -0.39 is 0 Å². The SMILES string of the molecule is CCOC(=O)CC1CC(=O)Cc2ccc(Cl)nc2N1.OCCC1CCCc2ccc(Cl)nc2N1. The average molecular weight is 509 g/mol. The number of hydrogen-bond acceptors (Lipinski definition) is 8. The Morgan fingerprint density at radius 2 is 1.74 bits per heavy atom. The highest BCUT2D eigenvalue weighted by Crippen LogP contribution is 2.25. The molecule has 2 aromatic rings. The first-order valence-electron chi connectivity index (χ1n) is 11.5. The van der Waals surface area contributed by atoms with Crippen molar-refractivity contribution in [3.63, 3.8) is 0 Å². The summed E-state index contributed by atoms with van der Waals surface area (Å²) in [6.45, 7) is 2.30. The standard InChI is InChI=1S/C13H15ClN2O3.C11H15ClN2O/c1-2-19-12(18)7-9-6-10(17)5-8-3-4-11(14)16-13(8)15-9;12-10-5-4-8-2-1-3-9(6-7-15)13-11(8)14-10/h3-4,9H,2,5-7H2,1H3,(H,15,16);4-5,9,15H,1-3,6-7H2,(H,13,14). The van der Waals surface area contributed by atoms with Crippen LogP contribution < -0.4 is 10.6 Å². The van der Waals surface area contributed by atoms with Crippen molar-refractivity contribution in [1.29, 1.82) is 0 Å². The van der Waals surface area contributed by atoms with Gasteiger partial charge in [0, 0.05) is 37.1 Å². The quantitative estimate of drug-likeness (QED) is 0.406. The number of ether oxygens (including phenoxy) is 1. The summed E-state index contributed by atoms with van der Waals surface area (Å²) in [5, 5.41) is 16.3. The summed E-state index contributed by atoms with van der Waals surface area (Å²) >= 11 is 11.7. The molecule has 34 heavy (non-hydrogen) atoms. The highest BCUT2D eigenvalue weighted by molar-refractivity contribution is 6.29. The van der Waals surface area contributed by atoms with Gasteiger partial charge in [-0.25, -0.2) is 9.97 Å². The third-order valence-corrected chi connectivity index (χ3v) is 6.05. The molecule has 0 aliphatic carbocycles. The Morgan fingerprint density at radius 1 is 1.09 bits per heavy atom. The lowest BCUT2D eigenvalue weighted by Crippen LogP contribution is -2.26. The molecule has 2 aromatic heterocycles. The van der Waals surface area contributed by atoms with Crippen molar-refractivity contribution in [2.75, 3.05) is 23.8 Å². The number of aromatic nitrogens is 2. The lowest BCUT2D eigenvalue weighted by atomic mass is 10.1. The molecule has 8 nitrogen and oxygen atoms in total. The smallest absolute Gasteiger partial charge is 0.307 e. The number of hydrogen-bond donors (Lipinski definition) is 3. The van der Waals surface area contributed by atoms with Gasteiger partial charge in [-0.2, -0.15) is 0 Å². The maximum Gasteiger partial charge on any atom is 0.307 e. The number of anilines is 2. The van der Waals surface area contributed by atoms with Gasteiger partial charge in [0.1, 0.15) is 27.7 Å². The van der Waals surface area contributed by atoms with Gasteiger partial charge in [0.25, 0.3) is 0 Å². The summed E-state index contributed by atoms with van der Waals surface area (Å²) in [6.07, 6.45) is 4.76. The Kier molecular flexibility index (Phi) is 9.92. The van der Waals surface area contributed by atoms with Gasteiger partial charge in [-0.05, 0) is 50.3 Å². The van der Waals surface area contributed by atoms with Crippen LogP contribution in [0.1, 0.15) is 50.2 Å². The van der Waals surface area contributed by atoms with E-state index in [4.69, 9.17) is 33.0 Å². The van der Waals surface area contributed by atoms with Crippen LogP contribution in [0.5, 0.6) is 0 Å². The average Bonchev–Trinajstić information content (AvgIpc) is 3.06. The van der Waals surface area contributed by atoms with Crippen molar-refractivity contribution in [3.8, 4) is 0 Å². The largest absolute Gasteiger partial charge is 0.466 e. The number of aryl methyl sites for hydroxylation is 1. The summed E-state index contributed by atoms with van der Waals surface area (Å²) < 4.78 is 4.90. The maximum absolute atomic E-state index is 11.8. The van der Waals surface area contributed by atoms with Gasteiger partial charge in [-0.15, -0.1) is 0 Å². The van der Waals surface area contributed by atoms with E-state index in [2.05, 4.69) is 20.6 Å². The van der Waals surface area contributed by atoms with Crippen molar-refractivity contribution >= 4 is 46.6 Å². The summed E-state index contributed by atoms with van der Waals surface area (Å²) in [6, 6.07) is 7.32. The third kappa shape index (κ3) is 7.82. The number of ketones is 1. The van der Waals surface area contributed by atoms with Crippen molar-refractivity contribution in [2.24, 2.45) is 0 Å². The van der Waals surface area contributed by atoms with Crippen molar-refractivity contribution in [2.45, 2.75) is 64.0 Å². The molecule has 0 amide bonds. The fraction of sp³-hybridized carbons (Fsp3) is 0.500. The first-order valence-corrected chi connectivity index (χ1v) is 12.3.